The first-order valence-corrected chi connectivity index (χ1v) is 6.61. The summed E-state index contributed by atoms with van der Waals surface area (Å²) in [5.41, 5.74) is 0.923. The third-order valence-electron chi connectivity index (χ3n) is 2.62. The first-order valence-electron chi connectivity index (χ1n) is 5.44. The van der Waals surface area contributed by atoms with Crippen molar-refractivity contribution in [1.82, 2.24) is 0 Å². The lowest BCUT2D eigenvalue weighted by molar-refractivity contribution is 0.578. The van der Waals surface area contributed by atoms with Gasteiger partial charge in [-0.15, -0.1) is 0 Å². The Balaban J connectivity index is 2.85. The minimum absolute atomic E-state index is 0.0182. The van der Waals surface area contributed by atoms with Gasteiger partial charge < -0.3 is 4.42 Å². The molecule has 0 N–H and O–H groups in total. The van der Waals surface area contributed by atoms with Gasteiger partial charge in [0, 0.05) is 5.56 Å². The molecule has 0 saturated carbocycles. The summed E-state index contributed by atoms with van der Waals surface area (Å²) in [6, 6.07) is 3.40. The molecular formula is C13H10BrClFNO. The fourth-order valence-corrected chi connectivity index (χ4v) is 2.76. The van der Waals surface area contributed by atoms with E-state index in [0.717, 1.165) is 0 Å². The summed E-state index contributed by atoms with van der Waals surface area (Å²) in [6.07, 6.45) is 0.569. The summed E-state index contributed by atoms with van der Waals surface area (Å²) in [5, 5.41) is 9.39. The van der Waals surface area contributed by atoms with E-state index in [0.29, 0.717) is 27.4 Å². The molecule has 1 aromatic carbocycles. The van der Waals surface area contributed by atoms with Gasteiger partial charge in [-0.25, -0.2) is 4.39 Å². The normalized spacial score (nSPS) is 11.2. The van der Waals surface area contributed by atoms with Crippen molar-refractivity contribution in [3.05, 3.63) is 32.7 Å². The van der Waals surface area contributed by atoms with Crippen LogP contribution in [0.2, 0.25) is 5.02 Å². The van der Waals surface area contributed by atoms with Crippen LogP contribution in [0.3, 0.4) is 0 Å². The number of hydrogen-bond acceptors (Lipinski definition) is 2. The number of nitrogens with zero attached hydrogens (tertiary/aromatic N) is 1. The van der Waals surface area contributed by atoms with Crippen molar-refractivity contribution < 1.29 is 8.81 Å². The van der Waals surface area contributed by atoms with E-state index in [4.69, 9.17) is 21.3 Å². The maximum absolute atomic E-state index is 14.1. The van der Waals surface area contributed by atoms with Gasteiger partial charge >= 0.3 is 0 Å². The van der Waals surface area contributed by atoms with Crippen molar-refractivity contribution in [2.24, 2.45) is 5.92 Å². The Hall–Kier alpha value is -1.05. The van der Waals surface area contributed by atoms with Gasteiger partial charge in [0.25, 0.3) is 0 Å². The van der Waals surface area contributed by atoms with E-state index in [1.807, 2.05) is 19.9 Å². The zero-order valence-electron chi connectivity index (χ0n) is 9.85. The highest BCUT2D eigenvalue weighted by Gasteiger charge is 2.22. The van der Waals surface area contributed by atoms with Crippen molar-refractivity contribution in [1.29, 1.82) is 5.26 Å². The van der Waals surface area contributed by atoms with Crippen LogP contribution in [-0.2, 0) is 6.42 Å². The van der Waals surface area contributed by atoms with E-state index in [9.17, 15) is 4.39 Å². The Bertz CT molecular complexity index is 657. The maximum Gasteiger partial charge on any atom is 0.208 e. The van der Waals surface area contributed by atoms with Gasteiger partial charge in [0.2, 0.25) is 5.76 Å². The molecule has 0 spiro atoms. The topological polar surface area (TPSA) is 36.9 Å². The van der Waals surface area contributed by atoms with Crippen LogP contribution in [-0.4, -0.2) is 0 Å². The van der Waals surface area contributed by atoms with Crippen molar-refractivity contribution >= 4 is 38.5 Å². The van der Waals surface area contributed by atoms with Crippen LogP contribution >= 0.6 is 27.5 Å². The largest absolute Gasteiger partial charge is 0.444 e. The number of halogens is 3. The molecule has 0 atom stereocenters. The summed E-state index contributed by atoms with van der Waals surface area (Å²) in [6.45, 7) is 4.00. The molecule has 0 aliphatic heterocycles. The van der Waals surface area contributed by atoms with Gasteiger partial charge in [-0.1, -0.05) is 25.4 Å². The second-order valence-electron chi connectivity index (χ2n) is 4.48. The summed E-state index contributed by atoms with van der Waals surface area (Å²) < 4.78 is 20.1. The lowest BCUT2D eigenvalue weighted by atomic mass is 10.00. The van der Waals surface area contributed by atoms with Crippen molar-refractivity contribution in [2.45, 2.75) is 20.3 Å². The Morgan fingerprint density at radius 1 is 1.56 bits per heavy atom. The number of benzene rings is 1. The average molecular weight is 331 g/mol. The minimum atomic E-state index is -0.532. The fraction of sp³-hybridized carbons (Fsp3) is 0.308. The zero-order chi connectivity index (χ0) is 13.4. The number of nitriles is 1. The summed E-state index contributed by atoms with van der Waals surface area (Å²) in [4.78, 5) is 0. The van der Waals surface area contributed by atoms with E-state index in [2.05, 4.69) is 15.9 Å². The van der Waals surface area contributed by atoms with Crippen LogP contribution in [0.4, 0.5) is 4.39 Å². The van der Waals surface area contributed by atoms with Crippen molar-refractivity contribution in [3.63, 3.8) is 0 Å². The molecule has 0 saturated heterocycles. The molecule has 94 valence electrons. The molecular weight excluding hydrogens is 321 g/mol. The second-order valence-corrected chi connectivity index (χ2v) is 5.74. The van der Waals surface area contributed by atoms with Gasteiger partial charge in [0.15, 0.2) is 11.4 Å². The maximum atomic E-state index is 14.1. The molecule has 1 aromatic heterocycles. The second kappa shape index (κ2) is 4.91. The van der Waals surface area contributed by atoms with Crippen LogP contribution in [0.25, 0.3) is 11.0 Å². The Labute approximate surface area is 117 Å². The van der Waals surface area contributed by atoms with Crippen LogP contribution < -0.4 is 0 Å². The molecule has 0 radical (unpaired) electrons. The van der Waals surface area contributed by atoms with Gasteiger partial charge in [-0.2, -0.15) is 5.26 Å². The minimum Gasteiger partial charge on any atom is -0.444 e. The molecule has 0 aliphatic rings. The number of furan rings is 1. The van der Waals surface area contributed by atoms with Gasteiger partial charge in [0.1, 0.15) is 6.07 Å². The van der Waals surface area contributed by atoms with E-state index < -0.39 is 5.82 Å². The molecule has 5 heteroatoms. The van der Waals surface area contributed by atoms with Crippen LogP contribution in [0, 0.1) is 23.1 Å². The Morgan fingerprint density at radius 2 is 2.22 bits per heavy atom. The fourth-order valence-electron chi connectivity index (χ4n) is 1.92. The monoisotopic (exact) mass is 329 g/mol. The number of rotatable bonds is 2. The molecule has 0 fully saturated rings. The molecule has 2 rings (SSSR count). The number of hydrogen-bond donors (Lipinski definition) is 0. The lowest BCUT2D eigenvalue weighted by Gasteiger charge is -2.04. The van der Waals surface area contributed by atoms with Gasteiger partial charge in [-0.05, 0) is 34.3 Å². The third kappa shape index (κ3) is 2.13. The molecule has 2 aromatic rings. The quantitative estimate of drug-likeness (QED) is 0.722. The average Bonchev–Trinajstić information content (AvgIpc) is 2.65. The highest BCUT2D eigenvalue weighted by Crippen LogP contribution is 2.37. The molecule has 0 bridgehead atoms. The van der Waals surface area contributed by atoms with Gasteiger partial charge in [0.05, 0.1) is 14.9 Å². The van der Waals surface area contributed by atoms with Crippen molar-refractivity contribution in [3.8, 4) is 6.07 Å². The smallest absolute Gasteiger partial charge is 0.208 e. The lowest BCUT2D eigenvalue weighted by Crippen LogP contribution is -1.96. The zero-order valence-corrected chi connectivity index (χ0v) is 12.2. The molecule has 0 unspecified atom stereocenters. The molecule has 1 heterocycles. The molecule has 2 nitrogen and oxygen atoms in total. The predicted molar refractivity (Wildman–Crippen MR) is 72.1 cm³/mol. The third-order valence-corrected chi connectivity index (χ3v) is 3.48. The Kier molecular flexibility index (Phi) is 3.65. The molecule has 0 amide bonds. The highest BCUT2D eigenvalue weighted by molar-refractivity contribution is 9.10. The van der Waals surface area contributed by atoms with Crippen molar-refractivity contribution in [2.75, 3.05) is 0 Å². The molecule has 0 aliphatic carbocycles. The standard InChI is InChI=1S/C13H10BrClFNO/c1-6(2)3-7-10(5-17)18-13-8(14)4-9(15)12(16)11(7)13/h4,6H,3H2,1-2H3. The Morgan fingerprint density at radius 3 is 2.78 bits per heavy atom. The molecule has 18 heavy (non-hydrogen) atoms. The van der Waals surface area contributed by atoms with Crippen LogP contribution in [0.15, 0.2) is 15.0 Å². The van der Waals surface area contributed by atoms with E-state index in [-0.39, 0.29) is 16.7 Å². The van der Waals surface area contributed by atoms with Gasteiger partial charge in [-0.3, -0.25) is 0 Å². The SMILES string of the molecule is CC(C)Cc1c(C#N)oc2c(Br)cc(Cl)c(F)c12. The summed E-state index contributed by atoms with van der Waals surface area (Å²) in [7, 11) is 0. The first kappa shape index (κ1) is 13.4. The van der Waals surface area contributed by atoms with E-state index in [1.54, 1.807) is 0 Å². The summed E-state index contributed by atoms with van der Waals surface area (Å²) in [5.74, 6) is -0.0913. The van der Waals surface area contributed by atoms with Crippen LogP contribution in [0.5, 0.6) is 0 Å². The number of fused-ring (bicyclic) bond motifs is 1. The predicted octanol–water partition coefficient (Wildman–Crippen LogP) is 5.06. The van der Waals surface area contributed by atoms with E-state index in [1.165, 1.54) is 6.07 Å². The summed E-state index contributed by atoms with van der Waals surface area (Å²) >= 11 is 9.09. The van der Waals surface area contributed by atoms with Crippen LogP contribution in [0.1, 0.15) is 25.2 Å². The highest BCUT2D eigenvalue weighted by atomic mass is 79.9. The van der Waals surface area contributed by atoms with E-state index >= 15 is 0 Å². The first-order chi connectivity index (χ1) is 8.45.